The number of nitrogens with zero attached hydrogens (tertiary/aromatic N) is 3. The molecule has 0 saturated carbocycles. The van der Waals surface area contributed by atoms with Crippen LogP contribution in [0.15, 0.2) is 42.5 Å². The van der Waals surface area contributed by atoms with Crippen LogP contribution >= 0.6 is 0 Å². The summed E-state index contributed by atoms with van der Waals surface area (Å²) in [4.78, 5) is 14.9. The van der Waals surface area contributed by atoms with E-state index in [1.165, 1.54) is 12.1 Å². The number of aryl methyl sites for hydroxylation is 1. The zero-order chi connectivity index (χ0) is 23.4. The van der Waals surface area contributed by atoms with Gasteiger partial charge in [-0.2, -0.15) is 5.26 Å². The van der Waals surface area contributed by atoms with Crippen LogP contribution in [0.1, 0.15) is 41.6 Å². The summed E-state index contributed by atoms with van der Waals surface area (Å²) in [5, 5.41) is 20.6. The van der Waals surface area contributed by atoms with Crippen LogP contribution in [0.25, 0.3) is 11.1 Å². The normalized spacial score (nSPS) is 12.8. The molecule has 0 saturated heterocycles. The van der Waals surface area contributed by atoms with Gasteiger partial charge in [-0.25, -0.2) is 4.98 Å². The number of nitriles is 1. The first-order chi connectivity index (χ1) is 16.0. The number of pyridine rings is 1. The van der Waals surface area contributed by atoms with Gasteiger partial charge in [-0.15, -0.1) is 0 Å². The van der Waals surface area contributed by atoms with Crippen LogP contribution in [0.3, 0.4) is 0 Å². The van der Waals surface area contributed by atoms with Gasteiger partial charge >= 0.3 is 0 Å². The van der Waals surface area contributed by atoms with Crippen LogP contribution in [-0.2, 0) is 19.4 Å². The molecule has 2 aromatic carbocycles. The Kier molecular flexibility index (Phi) is 6.41. The van der Waals surface area contributed by atoms with E-state index < -0.39 is 4.92 Å². The number of benzene rings is 2. The van der Waals surface area contributed by atoms with Crippen molar-refractivity contribution in [3.05, 3.63) is 75.0 Å². The van der Waals surface area contributed by atoms with E-state index in [0.29, 0.717) is 17.1 Å². The first-order valence-electron chi connectivity index (χ1n) is 10.8. The van der Waals surface area contributed by atoms with Crippen LogP contribution in [0.5, 0.6) is 11.5 Å². The molecule has 1 aliphatic rings. The van der Waals surface area contributed by atoms with Gasteiger partial charge in [-0.1, -0.05) is 12.5 Å². The lowest BCUT2D eigenvalue weighted by atomic mass is 9.91. The smallest absolute Gasteiger partial charge is 0.269 e. The topological polar surface area (TPSA) is 124 Å². The van der Waals surface area contributed by atoms with E-state index in [0.717, 1.165) is 60.1 Å². The molecule has 4 rings (SSSR count). The number of non-ortho nitro benzene ring substituents is 1. The quantitative estimate of drug-likeness (QED) is 0.323. The van der Waals surface area contributed by atoms with Crippen molar-refractivity contribution in [2.24, 2.45) is 0 Å². The van der Waals surface area contributed by atoms with Gasteiger partial charge in [0.2, 0.25) is 0 Å². The molecule has 2 N–H and O–H groups in total. The number of nitro benzene ring substituents is 1. The molecule has 1 heterocycles. The number of anilines is 1. The van der Waals surface area contributed by atoms with Gasteiger partial charge < -0.3 is 15.2 Å². The second kappa shape index (κ2) is 9.57. The average Bonchev–Trinajstić information content (AvgIpc) is 3.07. The Labute approximate surface area is 191 Å². The Morgan fingerprint density at radius 2 is 1.88 bits per heavy atom. The van der Waals surface area contributed by atoms with Crippen LogP contribution in [0.2, 0.25) is 0 Å². The van der Waals surface area contributed by atoms with E-state index in [9.17, 15) is 15.4 Å². The van der Waals surface area contributed by atoms with Gasteiger partial charge in [0, 0.05) is 23.4 Å². The molecule has 1 aliphatic carbocycles. The molecule has 0 radical (unpaired) electrons. The number of fused-ring (bicyclic) bond motifs is 1. The number of rotatable bonds is 6. The zero-order valence-corrected chi connectivity index (χ0v) is 18.3. The minimum absolute atomic E-state index is 0.0322. The lowest BCUT2D eigenvalue weighted by molar-refractivity contribution is -0.384. The van der Waals surface area contributed by atoms with Crippen LogP contribution in [0.4, 0.5) is 11.5 Å². The van der Waals surface area contributed by atoms with Crippen molar-refractivity contribution in [2.45, 2.75) is 38.7 Å². The van der Waals surface area contributed by atoms with Crippen molar-refractivity contribution in [1.29, 1.82) is 5.26 Å². The van der Waals surface area contributed by atoms with Gasteiger partial charge in [0.15, 0.2) is 11.5 Å². The summed E-state index contributed by atoms with van der Waals surface area (Å²) >= 11 is 0. The first-order valence-corrected chi connectivity index (χ1v) is 10.8. The Bertz CT molecular complexity index is 1230. The van der Waals surface area contributed by atoms with Crippen molar-refractivity contribution in [2.75, 3.05) is 12.8 Å². The van der Waals surface area contributed by atoms with Crippen molar-refractivity contribution in [3.63, 3.8) is 0 Å². The van der Waals surface area contributed by atoms with Crippen LogP contribution < -0.4 is 15.2 Å². The summed E-state index contributed by atoms with van der Waals surface area (Å²) in [6.45, 7) is 0.231. The molecule has 0 bridgehead atoms. The highest BCUT2D eigenvalue weighted by atomic mass is 16.6. The maximum absolute atomic E-state index is 10.8. The summed E-state index contributed by atoms with van der Waals surface area (Å²) in [6, 6.07) is 14.0. The maximum atomic E-state index is 10.8. The number of nitrogen functional groups attached to an aromatic ring is 1. The standard InChI is InChI=1S/C25H24N4O4/c1-32-23-13-17(9-12-22(23)33-15-16-7-10-18(11-8-16)29(30)31)24-19-5-3-2-4-6-21(19)28-25(27)20(24)14-26/h7-13H,2-6,15H2,1H3,(H2,27,28). The van der Waals surface area contributed by atoms with E-state index in [1.54, 1.807) is 25.3 Å². The summed E-state index contributed by atoms with van der Waals surface area (Å²) in [6.07, 6.45) is 4.93. The predicted octanol–water partition coefficient (Wildman–Crippen LogP) is 4.97. The summed E-state index contributed by atoms with van der Waals surface area (Å²) in [5.74, 6) is 1.31. The molecule has 8 heteroatoms. The highest BCUT2D eigenvalue weighted by molar-refractivity contribution is 5.80. The minimum Gasteiger partial charge on any atom is -0.493 e. The molecule has 0 fully saturated rings. The van der Waals surface area contributed by atoms with E-state index in [1.807, 2.05) is 12.1 Å². The van der Waals surface area contributed by atoms with E-state index in [2.05, 4.69) is 11.1 Å². The fraction of sp³-hybridized carbons (Fsp3) is 0.280. The van der Waals surface area contributed by atoms with E-state index in [-0.39, 0.29) is 18.1 Å². The summed E-state index contributed by atoms with van der Waals surface area (Å²) in [7, 11) is 1.56. The number of hydrogen-bond acceptors (Lipinski definition) is 7. The van der Waals surface area contributed by atoms with Gasteiger partial charge in [0.25, 0.3) is 5.69 Å². The van der Waals surface area contributed by atoms with Crippen LogP contribution in [0, 0.1) is 21.4 Å². The van der Waals surface area contributed by atoms with E-state index in [4.69, 9.17) is 15.2 Å². The third kappa shape index (κ3) is 4.58. The number of nitro groups is 1. The Balaban J connectivity index is 1.67. The van der Waals surface area contributed by atoms with Crippen molar-refractivity contribution < 1.29 is 14.4 Å². The van der Waals surface area contributed by atoms with Crippen molar-refractivity contribution in [1.82, 2.24) is 4.98 Å². The predicted molar refractivity (Wildman–Crippen MR) is 124 cm³/mol. The van der Waals surface area contributed by atoms with Gasteiger partial charge in [-0.3, -0.25) is 10.1 Å². The largest absolute Gasteiger partial charge is 0.493 e. The second-order valence-corrected chi connectivity index (χ2v) is 7.92. The highest BCUT2D eigenvalue weighted by Crippen LogP contribution is 2.39. The SMILES string of the molecule is COc1cc(-c2c(C#N)c(N)nc3c2CCCCC3)ccc1OCc1ccc([N+](=O)[O-])cc1. The Hall–Kier alpha value is -4.12. The third-order valence-electron chi connectivity index (χ3n) is 5.86. The molecular weight excluding hydrogens is 420 g/mol. The monoisotopic (exact) mass is 444 g/mol. The molecule has 0 spiro atoms. The molecule has 0 amide bonds. The lowest BCUT2D eigenvalue weighted by Crippen LogP contribution is -2.07. The average molecular weight is 444 g/mol. The molecule has 33 heavy (non-hydrogen) atoms. The molecule has 3 aromatic rings. The minimum atomic E-state index is -0.436. The molecule has 1 aromatic heterocycles. The van der Waals surface area contributed by atoms with Crippen LogP contribution in [-0.4, -0.2) is 17.0 Å². The number of methoxy groups -OCH3 is 1. The number of nitrogens with two attached hydrogens (primary N) is 1. The van der Waals surface area contributed by atoms with Gasteiger partial charge in [-0.05, 0) is 66.6 Å². The van der Waals surface area contributed by atoms with E-state index >= 15 is 0 Å². The number of aromatic nitrogens is 1. The number of ether oxygens (including phenoxy) is 2. The Morgan fingerprint density at radius 3 is 2.58 bits per heavy atom. The summed E-state index contributed by atoms with van der Waals surface area (Å²) < 4.78 is 11.5. The van der Waals surface area contributed by atoms with Crippen molar-refractivity contribution >= 4 is 11.5 Å². The van der Waals surface area contributed by atoms with Gasteiger partial charge in [0.05, 0.1) is 12.0 Å². The molecule has 168 valence electrons. The maximum Gasteiger partial charge on any atom is 0.269 e. The highest BCUT2D eigenvalue weighted by Gasteiger charge is 2.22. The fourth-order valence-corrected chi connectivity index (χ4v) is 4.19. The molecule has 8 nitrogen and oxygen atoms in total. The fourth-order valence-electron chi connectivity index (χ4n) is 4.19. The summed E-state index contributed by atoms with van der Waals surface area (Å²) in [5.41, 5.74) is 11.1. The third-order valence-corrected chi connectivity index (χ3v) is 5.86. The van der Waals surface area contributed by atoms with Crippen molar-refractivity contribution in [3.8, 4) is 28.7 Å². The molecule has 0 unspecified atom stereocenters. The molecular formula is C25H24N4O4. The first kappa shape index (κ1) is 22.1. The molecule has 0 atom stereocenters. The zero-order valence-electron chi connectivity index (χ0n) is 18.3. The second-order valence-electron chi connectivity index (χ2n) is 7.92. The molecule has 0 aliphatic heterocycles. The van der Waals surface area contributed by atoms with Gasteiger partial charge in [0.1, 0.15) is 24.1 Å². The number of hydrogen-bond donors (Lipinski definition) is 1. The lowest BCUT2D eigenvalue weighted by Gasteiger charge is -2.17. The Morgan fingerprint density at radius 1 is 1.12 bits per heavy atom.